The first-order valence-electron chi connectivity index (χ1n) is 9.31. The molecule has 0 saturated heterocycles. The zero-order chi connectivity index (χ0) is 19.4. The topological polar surface area (TPSA) is 101 Å². The summed E-state index contributed by atoms with van der Waals surface area (Å²) in [5.74, 6) is -0.633. The molecule has 0 bridgehead atoms. The van der Waals surface area contributed by atoms with E-state index in [1.807, 2.05) is 13.2 Å². The third kappa shape index (κ3) is 2.78. The van der Waals surface area contributed by atoms with Gasteiger partial charge in [-0.1, -0.05) is 0 Å². The lowest BCUT2D eigenvalue weighted by atomic mass is 10.1. The van der Waals surface area contributed by atoms with E-state index in [1.165, 1.54) is 12.4 Å². The SMILES string of the molecule is CN1CCc2nc3c(C(=O)Nc4cncc(F)c4C4CC4)c(N)nn3cc2C1. The summed E-state index contributed by atoms with van der Waals surface area (Å²) < 4.78 is 15.8. The Balaban J connectivity index is 1.54. The van der Waals surface area contributed by atoms with Gasteiger partial charge >= 0.3 is 0 Å². The first-order valence-corrected chi connectivity index (χ1v) is 9.31. The summed E-state index contributed by atoms with van der Waals surface area (Å²) in [6, 6.07) is 0. The lowest BCUT2D eigenvalue weighted by Crippen LogP contribution is -2.28. The first kappa shape index (κ1) is 17.1. The fourth-order valence-electron chi connectivity index (χ4n) is 3.81. The van der Waals surface area contributed by atoms with Gasteiger partial charge in [0.1, 0.15) is 11.4 Å². The molecule has 3 aromatic heterocycles. The van der Waals surface area contributed by atoms with Crippen molar-refractivity contribution in [3.05, 3.63) is 46.8 Å². The van der Waals surface area contributed by atoms with Crippen molar-refractivity contribution in [2.45, 2.75) is 31.7 Å². The second kappa shape index (κ2) is 6.23. The van der Waals surface area contributed by atoms with Gasteiger partial charge in [-0.3, -0.25) is 9.78 Å². The monoisotopic (exact) mass is 381 g/mol. The van der Waals surface area contributed by atoms with Crippen molar-refractivity contribution in [3.63, 3.8) is 0 Å². The number of hydrogen-bond acceptors (Lipinski definition) is 6. The Morgan fingerprint density at radius 2 is 2.18 bits per heavy atom. The van der Waals surface area contributed by atoms with Crippen molar-refractivity contribution in [2.75, 3.05) is 24.6 Å². The van der Waals surface area contributed by atoms with Crippen molar-refractivity contribution in [1.82, 2.24) is 24.5 Å². The second-order valence-electron chi connectivity index (χ2n) is 7.54. The number of fused-ring (bicyclic) bond motifs is 2. The average Bonchev–Trinajstić information content (AvgIpc) is 3.42. The Bertz CT molecular complexity index is 1110. The van der Waals surface area contributed by atoms with Crippen molar-refractivity contribution < 1.29 is 9.18 Å². The number of nitrogen functional groups attached to an aromatic ring is 1. The van der Waals surface area contributed by atoms with Crippen LogP contribution >= 0.6 is 0 Å². The molecule has 5 rings (SSSR count). The van der Waals surface area contributed by atoms with Gasteiger partial charge in [-0.05, 0) is 25.8 Å². The number of carbonyl (C=O) groups excluding carboxylic acids is 1. The van der Waals surface area contributed by atoms with Crippen LogP contribution < -0.4 is 11.1 Å². The van der Waals surface area contributed by atoms with Crippen LogP contribution in [0.1, 0.15) is 45.9 Å². The predicted octanol–water partition coefficient (Wildman–Crippen LogP) is 1.96. The third-order valence-corrected chi connectivity index (χ3v) is 5.37. The normalized spacial score (nSPS) is 16.9. The number of rotatable bonds is 3. The highest BCUT2D eigenvalue weighted by Crippen LogP contribution is 2.44. The highest BCUT2D eigenvalue weighted by Gasteiger charge is 2.31. The smallest absolute Gasteiger partial charge is 0.263 e. The molecule has 0 unspecified atom stereocenters. The fourth-order valence-corrected chi connectivity index (χ4v) is 3.81. The van der Waals surface area contributed by atoms with Gasteiger partial charge < -0.3 is 16.0 Å². The maximum Gasteiger partial charge on any atom is 0.263 e. The lowest BCUT2D eigenvalue weighted by molar-refractivity contribution is 0.102. The van der Waals surface area contributed by atoms with E-state index in [2.05, 4.69) is 25.3 Å². The van der Waals surface area contributed by atoms with Crippen LogP contribution in [0.2, 0.25) is 0 Å². The van der Waals surface area contributed by atoms with E-state index in [1.54, 1.807) is 4.52 Å². The predicted molar refractivity (Wildman–Crippen MR) is 102 cm³/mol. The van der Waals surface area contributed by atoms with Crippen molar-refractivity contribution in [3.8, 4) is 0 Å². The van der Waals surface area contributed by atoms with Crippen LogP contribution in [-0.2, 0) is 13.0 Å². The minimum absolute atomic E-state index is 0.0954. The van der Waals surface area contributed by atoms with Gasteiger partial charge in [-0.25, -0.2) is 13.9 Å². The van der Waals surface area contributed by atoms with E-state index >= 15 is 0 Å². The van der Waals surface area contributed by atoms with E-state index in [0.717, 1.165) is 43.6 Å². The summed E-state index contributed by atoms with van der Waals surface area (Å²) in [5.41, 5.74) is 9.56. The van der Waals surface area contributed by atoms with Crippen LogP contribution in [0, 0.1) is 5.82 Å². The molecule has 1 amide bonds. The number of amides is 1. The molecule has 3 aromatic rings. The van der Waals surface area contributed by atoms with Crippen LogP contribution in [0.15, 0.2) is 18.6 Å². The fraction of sp³-hybridized carbons (Fsp3) is 0.368. The quantitative estimate of drug-likeness (QED) is 0.719. The van der Waals surface area contributed by atoms with Crippen LogP contribution in [0.3, 0.4) is 0 Å². The summed E-state index contributed by atoms with van der Waals surface area (Å²) >= 11 is 0. The molecule has 144 valence electrons. The summed E-state index contributed by atoms with van der Waals surface area (Å²) in [6.07, 6.45) is 7.14. The molecule has 0 spiro atoms. The van der Waals surface area contributed by atoms with Gasteiger partial charge in [0.05, 0.1) is 23.8 Å². The number of nitrogens with one attached hydrogen (secondary N) is 1. The molecule has 1 fully saturated rings. The molecule has 1 aliphatic heterocycles. The molecular formula is C19H20FN7O. The zero-order valence-corrected chi connectivity index (χ0v) is 15.4. The Morgan fingerprint density at radius 3 is 2.96 bits per heavy atom. The van der Waals surface area contributed by atoms with Gasteiger partial charge in [0, 0.05) is 36.8 Å². The number of hydrogen-bond donors (Lipinski definition) is 2. The third-order valence-electron chi connectivity index (χ3n) is 5.37. The minimum atomic E-state index is -0.456. The number of anilines is 2. The average molecular weight is 381 g/mol. The number of aromatic nitrogens is 4. The number of carbonyl (C=O) groups is 1. The molecule has 4 heterocycles. The zero-order valence-electron chi connectivity index (χ0n) is 15.4. The second-order valence-corrected chi connectivity index (χ2v) is 7.54. The number of pyridine rings is 1. The van der Waals surface area contributed by atoms with E-state index < -0.39 is 11.7 Å². The summed E-state index contributed by atoms with van der Waals surface area (Å²) in [5, 5.41) is 7.03. The van der Waals surface area contributed by atoms with E-state index in [4.69, 9.17) is 5.73 Å². The van der Waals surface area contributed by atoms with Gasteiger partial charge in [0.15, 0.2) is 11.5 Å². The molecule has 9 heteroatoms. The molecule has 1 aliphatic carbocycles. The van der Waals surface area contributed by atoms with Crippen molar-refractivity contribution >= 4 is 23.1 Å². The molecule has 0 radical (unpaired) electrons. The van der Waals surface area contributed by atoms with Crippen molar-refractivity contribution in [2.24, 2.45) is 0 Å². The van der Waals surface area contributed by atoms with E-state index in [-0.39, 0.29) is 17.3 Å². The first-order chi connectivity index (χ1) is 13.5. The Kier molecular flexibility index (Phi) is 3.80. The molecular weight excluding hydrogens is 361 g/mol. The van der Waals surface area contributed by atoms with Crippen molar-refractivity contribution in [1.29, 1.82) is 0 Å². The number of halogens is 1. The molecule has 3 N–H and O–H groups in total. The lowest BCUT2D eigenvalue weighted by Gasteiger charge is -2.23. The molecule has 28 heavy (non-hydrogen) atoms. The maximum atomic E-state index is 14.2. The van der Waals surface area contributed by atoms with Gasteiger partial charge in [0.2, 0.25) is 0 Å². The van der Waals surface area contributed by atoms with Gasteiger partial charge in [-0.15, -0.1) is 5.10 Å². The van der Waals surface area contributed by atoms with Crippen LogP contribution in [0.5, 0.6) is 0 Å². The molecule has 2 aliphatic rings. The molecule has 1 saturated carbocycles. The Morgan fingerprint density at radius 1 is 1.36 bits per heavy atom. The van der Waals surface area contributed by atoms with E-state index in [0.29, 0.717) is 16.9 Å². The van der Waals surface area contributed by atoms with Crippen LogP contribution in [0.25, 0.3) is 5.65 Å². The Hall–Kier alpha value is -3.07. The molecule has 0 aromatic carbocycles. The summed E-state index contributed by atoms with van der Waals surface area (Å²) in [4.78, 5) is 23.7. The number of nitrogens with zero attached hydrogens (tertiary/aromatic N) is 5. The summed E-state index contributed by atoms with van der Waals surface area (Å²) in [7, 11) is 2.05. The van der Waals surface area contributed by atoms with Crippen LogP contribution in [-0.4, -0.2) is 44.0 Å². The minimum Gasteiger partial charge on any atom is -0.381 e. The van der Waals surface area contributed by atoms with Crippen LogP contribution in [0.4, 0.5) is 15.9 Å². The van der Waals surface area contributed by atoms with Gasteiger partial charge in [-0.2, -0.15) is 0 Å². The highest BCUT2D eigenvalue weighted by molar-refractivity contribution is 6.11. The number of likely N-dealkylation sites (N-methyl/N-ethyl adjacent to an activating group) is 1. The van der Waals surface area contributed by atoms with Gasteiger partial charge in [0.25, 0.3) is 5.91 Å². The standard InChI is InChI=1S/C19H20FN7O/c1-26-5-4-13-11(8-26)9-27-18(23-13)16(17(21)25-27)19(28)24-14-7-22-6-12(20)15(14)10-2-3-10/h6-7,9-10H,2-5,8H2,1H3,(H2,21,25)(H,24,28). The van der Waals surface area contributed by atoms with E-state index in [9.17, 15) is 9.18 Å². The summed E-state index contributed by atoms with van der Waals surface area (Å²) in [6.45, 7) is 1.68. The maximum absolute atomic E-state index is 14.2. The molecule has 8 nitrogen and oxygen atoms in total. The highest BCUT2D eigenvalue weighted by atomic mass is 19.1. The largest absolute Gasteiger partial charge is 0.381 e. The Labute approximate surface area is 160 Å². The molecule has 0 atom stereocenters. The number of nitrogens with two attached hydrogens (primary N) is 1.